The molecule has 5 heteroatoms. The molecule has 0 aliphatic heterocycles. The fourth-order valence-electron chi connectivity index (χ4n) is 0.505. The third-order valence-corrected chi connectivity index (χ3v) is 0.982. The number of anilines is 1. The Hall–Kier alpha value is -1.65. The lowest BCUT2D eigenvalue weighted by Crippen LogP contribution is -1.92. The predicted octanol–water partition coefficient (Wildman–Crippen LogP) is 1.21. The van der Waals surface area contributed by atoms with Crippen LogP contribution in [0, 0.1) is 10.1 Å². The van der Waals surface area contributed by atoms with Gasteiger partial charge in [0.15, 0.2) is 0 Å². The normalized spacial score (nSPS) is 8.36. The molecule has 0 atom stereocenters. The Morgan fingerprint density at radius 2 is 2.18 bits per heavy atom. The van der Waals surface area contributed by atoms with Crippen molar-refractivity contribution >= 4 is 11.5 Å². The molecular formula is C6H9N3O2. The smallest absolute Gasteiger partial charge is 0.287 e. The number of nitrogen functional groups attached to an aromatic ring is 1. The van der Waals surface area contributed by atoms with E-state index in [2.05, 4.69) is 4.98 Å². The van der Waals surface area contributed by atoms with E-state index in [0.717, 1.165) is 6.20 Å². The first-order chi connectivity index (χ1) is 4.70. The second kappa shape index (κ2) is 3.50. The standard InChI is InChI=1S/C5H5N3O2.CH4/c6-5-2-1-4(3-7-5)8(9)10;/h1-3H,(H2,6,7);1H4. The predicted molar refractivity (Wildman–Crippen MR) is 42.0 cm³/mol. The molecule has 0 saturated carbocycles. The van der Waals surface area contributed by atoms with Gasteiger partial charge in [-0.15, -0.1) is 0 Å². The van der Waals surface area contributed by atoms with Crippen molar-refractivity contribution in [2.45, 2.75) is 7.43 Å². The summed E-state index contributed by atoms with van der Waals surface area (Å²) in [7, 11) is 0. The minimum absolute atomic E-state index is 0. The number of nitro groups is 1. The summed E-state index contributed by atoms with van der Waals surface area (Å²) in [5, 5.41) is 10.0. The van der Waals surface area contributed by atoms with Gasteiger partial charge in [0.2, 0.25) is 0 Å². The van der Waals surface area contributed by atoms with Crippen LogP contribution in [-0.4, -0.2) is 9.91 Å². The number of nitrogens with zero attached hydrogens (tertiary/aromatic N) is 2. The van der Waals surface area contributed by atoms with Gasteiger partial charge in [-0.05, 0) is 6.07 Å². The zero-order valence-electron chi connectivity index (χ0n) is 5.02. The molecule has 1 heterocycles. The molecule has 1 aromatic rings. The molecule has 0 saturated heterocycles. The van der Waals surface area contributed by atoms with Crippen LogP contribution in [-0.2, 0) is 0 Å². The third kappa shape index (κ3) is 2.21. The van der Waals surface area contributed by atoms with E-state index in [9.17, 15) is 10.1 Å². The molecule has 0 aliphatic rings. The van der Waals surface area contributed by atoms with Gasteiger partial charge in [0.05, 0.1) is 4.92 Å². The van der Waals surface area contributed by atoms with Crippen LogP contribution in [0.3, 0.4) is 0 Å². The van der Waals surface area contributed by atoms with E-state index < -0.39 is 4.92 Å². The highest BCUT2D eigenvalue weighted by molar-refractivity contribution is 5.35. The van der Waals surface area contributed by atoms with E-state index in [1.165, 1.54) is 12.1 Å². The molecule has 0 radical (unpaired) electrons. The second-order valence-corrected chi connectivity index (χ2v) is 1.70. The van der Waals surface area contributed by atoms with E-state index >= 15 is 0 Å². The molecule has 60 valence electrons. The number of nitrogens with two attached hydrogens (primary N) is 1. The van der Waals surface area contributed by atoms with E-state index in [-0.39, 0.29) is 18.9 Å². The third-order valence-electron chi connectivity index (χ3n) is 0.982. The minimum Gasteiger partial charge on any atom is -0.384 e. The minimum atomic E-state index is -0.521. The monoisotopic (exact) mass is 155 g/mol. The van der Waals surface area contributed by atoms with Crippen molar-refractivity contribution in [3.8, 4) is 0 Å². The average molecular weight is 155 g/mol. The second-order valence-electron chi connectivity index (χ2n) is 1.70. The fraction of sp³-hybridized carbons (Fsp3) is 0.167. The maximum Gasteiger partial charge on any atom is 0.287 e. The van der Waals surface area contributed by atoms with E-state index in [1.54, 1.807) is 0 Å². The zero-order chi connectivity index (χ0) is 7.56. The molecular weight excluding hydrogens is 146 g/mol. The lowest BCUT2D eigenvalue weighted by molar-refractivity contribution is -0.385. The first-order valence-electron chi connectivity index (χ1n) is 2.56. The molecule has 11 heavy (non-hydrogen) atoms. The van der Waals surface area contributed by atoms with Gasteiger partial charge >= 0.3 is 0 Å². The maximum absolute atomic E-state index is 10.0. The summed E-state index contributed by atoms with van der Waals surface area (Å²) in [4.78, 5) is 13.1. The fourth-order valence-corrected chi connectivity index (χ4v) is 0.505. The summed E-state index contributed by atoms with van der Waals surface area (Å²) in [5.41, 5.74) is 5.15. The Morgan fingerprint density at radius 1 is 1.55 bits per heavy atom. The average Bonchev–Trinajstić information content (AvgIpc) is 1.88. The highest BCUT2D eigenvalue weighted by Gasteiger charge is 2.02. The van der Waals surface area contributed by atoms with Crippen molar-refractivity contribution in [1.82, 2.24) is 4.98 Å². The van der Waals surface area contributed by atoms with E-state index in [0.29, 0.717) is 0 Å². The van der Waals surface area contributed by atoms with Crippen molar-refractivity contribution in [1.29, 1.82) is 0 Å². The van der Waals surface area contributed by atoms with E-state index in [1.807, 2.05) is 0 Å². The van der Waals surface area contributed by atoms with Gasteiger partial charge in [0.25, 0.3) is 5.69 Å². The highest BCUT2D eigenvalue weighted by Crippen LogP contribution is 2.08. The Labute approximate surface area is 64.0 Å². The van der Waals surface area contributed by atoms with Crippen LogP contribution in [0.4, 0.5) is 11.5 Å². The molecule has 1 aromatic heterocycles. The van der Waals surface area contributed by atoms with Gasteiger partial charge < -0.3 is 5.73 Å². The molecule has 0 aromatic carbocycles. The Balaban J connectivity index is 0.000001000. The molecule has 1 rings (SSSR count). The molecule has 0 aliphatic carbocycles. The van der Waals surface area contributed by atoms with Crippen LogP contribution >= 0.6 is 0 Å². The Morgan fingerprint density at radius 3 is 2.55 bits per heavy atom. The first kappa shape index (κ1) is 9.35. The summed E-state index contributed by atoms with van der Waals surface area (Å²) < 4.78 is 0. The lowest BCUT2D eigenvalue weighted by Gasteiger charge is -1.89. The Bertz CT molecular complexity index is 245. The van der Waals surface area contributed by atoms with Gasteiger partial charge in [0.1, 0.15) is 12.0 Å². The summed E-state index contributed by atoms with van der Waals surface area (Å²) in [6, 6.07) is 2.69. The maximum atomic E-state index is 10.0. The number of hydrogen-bond donors (Lipinski definition) is 1. The van der Waals surface area contributed by atoms with Crippen molar-refractivity contribution in [2.75, 3.05) is 5.73 Å². The summed E-state index contributed by atoms with van der Waals surface area (Å²) in [6.45, 7) is 0. The van der Waals surface area contributed by atoms with Crippen LogP contribution in [0.1, 0.15) is 7.43 Å². The number of hydrogen-bond acceptors (Lipinski definition) is 4. The highest BCUT2D eigenvalue weighted by atomic mass is 16.6. The molecule has 0 amide bonds. The van der Waals surface area contributed by atoms with Gasteiger partial charge in [0, 0.05) is 6.07 Å². The quantitative estimate of drug-likeness (QED) is 0.488. The van der Waals surface area contributed by atoms with Crippen molar-refractivity contribution < 1.29 is 4.92 Å². The topological polar surface area (TPSA) is 82.0 Å². The van der Waals surface area contributed by atoms with Crippen molar-refractivity contribution in [2.24, 2.45) is 0 Å². The van der Waals surface area contributed by atoms with Crippen molar-refractivity contribution in [3.05, 3.63) is 28.4 Å². The van der Waals surface area contributed by atoms with Crippen LogP contribution in [0.5, 0.6) is 0 Å². The molecule has 0 bridgehead atoms. The zero-order valence-corrected chi connectivity index (χ0v) is 5.02. The number of pyridine rings is 1. The number of aromatic nitrogens is 1. The lowest BCUT2D eigenvalue weighted by atomic mass is 10.4. The molecule has 5 nitrogen and oxygen atoms in total. The molecule has 0 fully saturated rings. The van der Waals surface area contributed by atoms with Gasteiger partial charge in [-0.1, -0.05) is 7.43 Å². The largest absolute Gasteiger partial charge is 0.384 e. The van der Waals surface area contributed by atoms with Crippen LogP contribution in [0.2, 0.25) is 0 Å². The van der Waals surface area contributed by atoms with Gasteiger partial charge in [-0.3, -0.25) is 10.1 Å². The number of rotatable bonds is 1. The summed E-state index contributed by atoms with van der Waals surface area (Å²) in [5.74, 6) is 0.283. The molecule has 0 spiro atoms. The van der Waals surface area contributed by atoms with Crippen LogP contribution in [0.25, 0.3) is 0 Å². The van der Waals surface area contributed by atoms with Crippen molar-refractivity contribution in [3.63, 3.8) is 0 Å². The Kier molecular flexibility index (Phi) is 2.98. The molecule has 0 unspecified atom stereocenters. The van der Waals surface area contributed by atoms with Gasteiger partial charge in [-0.25, -0.2) is 4.98 Å². The van der Waals surface area contributed by atoms with Crippen LogP contribution in [0.15, 0.2) is 18.3 Å². The van der Waals surface area contributed by atoms with Gasteiger partial charge in [-0.2, -0.15) is 0 Å². The SMILES string of the molecule is C.Nc1ccc([N+](=O)[O-])cn1. The first-order valence-corrected chi connectivity index (χ1v) is 2.56. The van der Waals surface area contributed by atoms with E-state index in [4.69, 9.17) is 5.73 Å². The summed E-state index contributed by atoms with van der Waals surface area (Å²) in [6.07, 6.45) is 1.12. The summed E-state index contributed by atoms with van der Waals surface area (Å²) >= 11 is 0. The van der Waals surface area contributed by atoms with Crippen LogP contribution < -0.4 is 5.73 Å². The molecule has 2 N–H and O–H groups in total.